The average Bonchev–Trinajstić information content (AvgIpc) is 3.23. The minimum atomic E-state index is 0. The molecule has 132 valence electrons. The molecule has 2 heterocycles. The van der Waals surface area contributed by atoms with E-state index in [1.54, 1.807) is 11.3 Å². The van der Waals surface area contributed by atoms with Crippen LogP contribution in [-0.4, -0.2) is 4.57 Å². The highest BCUT2D eigenvalue weighted by atomic mass is 79.9. The lowest BCUT2D eigenvalue weighted by Crippen LogP contribution is -3.00. The topological polar surface area (TPSA) is 33.5 Å². The van der Waals surface area contributed by atoms with Crippen LogP contribution in [0.4, 0.5) is 10.8 Å². The van der Waals surface area contributed by atoms with Crippen LogP contribution in [0, 0.1) is 0 Å². The average molecular weight is 427 g/mol. The molecule has 0 saturated heterocycles. The number of benzene rings is 2. The summed E-state index contributed by atoms with van der Waals surface area (Å²) in [6, 6.07) is 18.7. The first kappa shape index (κ1) is 18.5. The maximum absolute atomic E-state index is 4.68. The van der Waals surface area contributed by atoms with Gasteiger partial charge in [0.1, 0.15) is 11.9 Å². The maximum Gasteiger partial charge on any atom is 0.408 e. The highest BCUT2D eigenvalue weighted by Gasteiger charge is 2.19. The second-order valence-corrected chi connectivity index (χ2v) is 6.68. The van der Waals surface area contributed by atoms with Gasteiger partial charge in [-0.1, -0.05) is 48.5 Å². The van der Waals surface area contributed by atoms with Crippen molar-refractivity contribution in [2.75, 3.05) is 0 Å². The molecule has 4 aromatic rings. The van der Waals surface area contributed by atoms with E-state index in [1.165, 1.54) is 0 Å². The molecule has 0 fully saturated rings. The summed E-state index contributed by atoms with van der Waals surface area (Å²) in [7, 11) is 2.08. The van der Waals surface area contributed by atoms with Crippen molar-refractivity contribution >= 4 is 33.1 Å². The van der Waals surface area contributed by atoms with E-state index in [0.717, 1.165) is 39.5 Å². The van der Waals surface area contributed by atoms with E-state index in [1.807, 2.05) is 23.7 Å². The summed E-state index contributed by atoms with van der Waals surface area (Å²) in [5, 5.41) is 13.3. The number of nitrogens with zero attached hydrogens (tertiary/aromatic N) is 4. The van der Waals surface area contributed by atoms with Gasteiger partial charge in [-0.15, -0.1) is 0 Å². The van der Waals surface area contributed by atoms with E-state index in [-0.39, 0.29) is 17.0 Å². The highest BCUT2D eigenvalue weighted by molar-refractivity contribution is 7.12. The number of aromatic nitrogens is 2. The van der Waals surface area contributed by atoms with Gasteiger partial charge in [-0.2, -0.15) is 0 Å². The molecule has 0 unspecified atom stereocenters. The van der Waals surface area contributed by atoms with E-state index in [0.29, 0.717) is 0 Å². The quantitative estimate of drug-likeness (QED) is 0.355. The van der Waals surface area contributed by atoms with Crippen molar-refractivity contribution in [3.8, 4) is 11.3 Å². The smallest absolute Gasteiger partial charge is 0.408 e. The lowest BCUT2D eigenvalue weighted by molar-refractivity contribution is -0.676. The van der Waals surface area contributed by atoms with Crippen LogP contribution in [-0.2, 0) is 13.6 Å². The van der Waals surface area contributed by atoms with Crippen LogP contribution in [0.25, 0.3) is 22.2 Å². The van der Waals surface area contributed by atoms with Crippen LogP contribution in [0.5, 0.6) is 0 Å². The standard InChI is InChI=1S/C20H19N4S.BrH/c1-3-24-13-14-25-20(24)22-21-18-16-11-7-8-12-17(16)23(2)19(18)15-9-5-4-6-10-15;/h4-14H,3H2,1-2H3;1H/q+1;/p-1. The lowest BCUT2D eigenvalue weighted by atomic mass is 10.1. The Morgan fingerprint density at radius 2 is 1.73 bits per heavy atom. The van der Waals surface area contributed by atoms with Gasteiger partial charge in [0, 0.05) is 23.4 Å². The third-order valence-corrected chi connectivity index (χ3v) is 5.15. The summed E-state index contributed by atoms with van der Waals surface area (Å²) in [5.41, 5.74) is 4.31. The van der Waals surface area contributed by atoms with Gasteiger partial charge in [0.15, 0.2) is 0 Å². The summed E-state index contributed by atoms with van der Waals surface area (Å²) in [6.07, 6.45) is 2.04. The molecule has 4 rings (SSSR count). The van der Waals surface area contributed by atoms with Crippen LogP contribution in [0.2, 0.25) is 0 Å². The zero-order valence-corrected chi connectivity index (χ0v) is 17.0. The molecule has 0 saturated carbocycles. The summed E-state index contributed by atoms with van der Waals surface area (Å²) in [6.45, 7) is 3.00. The zero-order chi connectivity index (χ0) is 17.2. The van der Waals surface area contributed by atoms with E-state index in [2.05, 4.69) is 75.8 Å². The molecule has 0 spiro atoms. The Balaban J connectivity index is 0.00000196. The molecule has 0 aliphatic rings. The Labute approximate surface area is 167 Å². The summed E-state index contributed by atoms with van der Waals surface area (Å²) in [5.74, 6) is 0. The molecule has 0 aliphatic carbocycles. The second kappa shape index (κ2) is 7.93. The molecule has 0 bridgehead atoms. The monoisotopic (exact) mass is 426 g/mol. The Morgan fingerprint density at radius 3 is 2.50 bits per heavy atom. The number of rotatable bonds is 4. The van der Waals surface area contributed by atoms with Gasteiger partial charge >= 0.3 is 5.13 Å². The molecule has 0 aliphatic heterocycles. The number of thiazole rings is 1. The van der Waals surface area contributed by atoms with Crippen molar-refractivity contribution < 1.29 is 21.5 Å². The van der Waals surface area contributed by atoms with Crippen molar-refractivity contribution in [3.63, 3.8) is 0 Å². The fraction of sp³-hybridized carbons (Fsp3) is 0.150. The molecule has 0 N–H and O–H groups in total. The zero-order valence-electron chi connectivity index (χ0n) is 14.6. The molecule has 2 aromatic carbocycles. The molecule has 4 nitrogen and oxygen atoms in total. The van der Waals surface area contributed by atoms with E-state index in [9.17, 15) is 0 Å². The number of halogens is 1. The number of fused-ring (bicyclic) bond motifs is 1. The molecule has 2 aromatic heterocycles. The minimum Gasteiger partial charge on any atom is -1.00 e. The van der Waals surface area contributed by atoms with Gasteiger partial charge in [0.25, 0.3) is 0 Å². The molecule has 26 heavy (non-hydrogen) atoms. The number of hydrogen-bond donors (Lipinski definition) is 0. The number of azo groups is 1. The Morgan fingerprint density at radius 1 is 1.00 bits per heavy atom. The van der Waals surface area contributed by atoms with Crippen molar-refractivity contribution in [2.45, 2.75) is 13.5 Å². The fourth-order valence-electron chi connectivity index (χ4n) is 3.11. The molecular weight excluding hydrogens is 408 g/mol. The van der Waals surface area contributed by atoms with E-state index < -0.39 is 0 Å². The van der Waals surface area contributed by atoms with Crippen LogP contribution in [0.3, 0.4) is 0 Å². The Kier molecular flexibility index (Phi) is 5.64. The van der Waals surface area contributed by atoms with Crippen LogP contribution < -0.4 is 21.5 Å². The van der Waals surface area contributed by atoms with Gasteiger partial charge in [-0.3, -0.25) is 0 Å². The highest BCUT2D eigenvalue weighted by Crippen LogP contribution is 2.40. The van der Waals surface area contributed by atoms with Crippen molar-refractivity contribution in [1.82, 2.24) is 4.57 Å². The molecule has 0 atom stereocenters. The van der Waals surface area contributed by atoms with Crippen molar-refractivity contribution in [1.29, 1.82) is 0 Å². The van der Waals surface area contributed by atoms with Gasteiger partial charge in [-0.25, -0.2) is 4.57 Å². The number of aryl methyl sites for hydroxylation is 2. The summed E-state index contributed by atoms with van der Waals surface area (Å²) in [4.78, 5) is 0. The molecule has 0 radical (unpaired) electrons. The SMILES string of the molecule is CC[n+]1ccsc1N=Nc1c(-c2ccccc2)n(C)c2ccccc12.[Br-]. The van der Waals surface area contributed by atoms with Gasteiger partial charge < -0.3 is 21.5 Å². The molecule has 6 heteroatoms. The molecular formula is C20H19BrN4S. The number of hydrogen-bond acceptors (Lipinski definition) is 3. The third kappa shape index (κ3) is 3.22. The normalized spacial score (nSPS) is 11.2. The number of para-hydroxylation sites is 1. The predicted molar refractivity (Wildman–Crippen MR) is 103 cm³/mol. The van der Waals surface area contributed by atoms with Gasteiger partial charge in [-0.05, 0) is 29.4 Å². The molecule has 0 amide bonds. The van der Waals surface area contributed by atoms with E-state index >= 15 is 0 Å². The van der Waals surface area contributed by atoms with Crippen LogP contribution >= 0.6 is 11.3 Å². The van der Waals surface area contributed by atoms with Crippen molar-refractivity contribution in [3.05, 3.63) is 66.2 Å². The van der Waals surface area contributed by atoms with E-state index in [4.69, 9.17) is 0 Å². The van der Waals surface area contributed by atoms with Crippen LogP contribution in [0.15, 0.2) is 76.4 Å². The first-order valence-electron chi connectivity index (χ1n) is 8.31. The van der Waals surface area contributed by atoms with Crippen molar-refractivity contribution in [2.24, 2.45) is 17.3 Å². The second-order valence-electron chi connectivity index (χ2n) is 5.81. The fourth-order valence-corrected chi connectivity index (χ4v) is 3.85. The maximum atomic E-state index is 4.68. The minimum absolute atomic E-state index is 0. The first-order valence-corrected chi connectivity index (χ1v) is 9.19. The Bertz CT molecular complexity index is 1050. The lowest BCUT2D eigenvalue weighted by Gasteiger charge is -2.04. The summed E-state index contributed by atoms with van der Waals surface area (Å²) < 4.78 is 4.29. The van der Waals surface area contributed by atoms with Crippen LogP contribution in [0.1, 0.15) is 6.92 Å². The first-order chi connectivity index (χ1) is 12.3. The third-order valence-electron chi connectivity index (χ3n) is 4.36. The predicted octanol–water partition coefficient (Wildman–Crippen LogP) is 2.63. The Hall–Kier alpha value is -2.31. The summed E-state index contributed by atoms with van der Waals surface area (Å²) >= 11 is 1.60. The van der Waals surface area contributed by atoms with Gasteiger partial charge in [0.2, 0.25) is 0 Å². The largest absolute Gasteiger partial charge is 1.00 e. The van der Waals surface area contributed by atoms with Gasteiger partial charge in [0.05, 0.1) is 22.9 Å².